The van der Waals surface area contributed by atoms with Gasteiger partial charge in [0.15, 0.2) is 0 Å². The van der Waals surface area contributed by atoms with Crippen LogP contribution in [0.4, 0.5) is 5.69 Å². The fourth-order valence-corrected chi connectivity index (χ4v) is 3.01. The number of nitrogens with one attached hydrogen (secondary N) is 2. The predicted octanol–water partition coefficient (Wildman–Crippen LogP) is 2.47. The summed E-state index contributed by atoms with van der Waals surface area (Å²) < 4.78 is 5.85. The lowest BCUT2D eigenvalue weighted by atomic mass is 10.1. The summed E-state index contributed by atoms with van der Waals surface area (Å²) in [5.74, 6) is 1.56. The van der Waals surface area contributed by atoms with Crippen LogP contribution >= 0.6 is 0 Å². The van der Waals surface area contributed by atoms with Crippen LogP contribution in [0.3, 0.4) is 0 Å². The van der Waals surface area contributed by atoms with E-state index in [0.717, 1.165) is 23.6 Å². The lowest BCUT2D eigenvalue weighted by Gasteiger charge is -2.12. The average molecular weight is 260 g/mol. The van der Waals surface area contributed by atoms with Crippen molar-refractivity contribution in [2.45, 2.75) is 31.7 Å². The first-order valence-corrected chi connectivity index (χ1v) is 7.03. The van der Waals surface area contributed by atoms with E-state index < -0.39 is 0 Å². The molecule has 0 spiro atoms. The molecule has 1 fully saturated rings. The van der Waals surface area contributed by atoms with E-state index in [1.54, 1.807) is 7.05 Å². The molecule has 1 heterocycles. The Morgan fingerprint density at radius 1 is 1.37 bits per heavy atom. The number of anilines is 1. The predicted molar refractivity (Wildman–Crippen MR) is 74.3 cm³/mol. The zero-order valence-electron chi connectivity index (χ0n) is 11.2. The molecule has 1 atom stereocenters. The third kappa shape index (κ3) is 2.45. The molecule has 4 nitrogen and oxygen atoms in total. The Labute approximate surface area is 113 Å². The number of hydrogen-bond acceptors (Lipinski definition) is 3. The molecular formula is C15H20N2O2. The van der Waals surface area contributed by atoms with Crippen molar-refractivity contribution in [3.05, 3.63) is 23.8 Å². The van der Waals surface area contributed by atoms with Gasteiger partial charge < -0.3 is 15.4 Å². The van der Waals surface area contributed by atoms with Crippen LogP contribution in [0.15, 0.2) is 18.2 Å². The highest BCUT2D eigenvalue weighted by atomic mass is 16.5. The molecule has 1 saturated carbocycles. The zero-order valence-corrected chi connectivity index (χ0v) is 11.2. The minimum atomic E-state index is -0.237. The van der Waals surface area contributed by atoms with Gasteiger partial charge in [0.05, 0.1) is 6.61 Å². The second kappa shape index (κ2) is 5.21. The van der Waals surface area contributed by atoms with Gasteiger partial charge >= 0.3 is 0 Å². The zero-order chi connectivity index (χ0) is 13.2. The Bertz CT molecular complexity index is 481. The van der Waals surface area contributed by atoms with E-state index in [-0.39, 0.29) is 11.9 Å². The molecule has 1 unspecified atom stereocenters. The Hall–Kier alpha value is -1.55. The Kier molecular flexibility index (Phi) is 3.42. The topological polar surface area (TPSA) is 50.4 Å². The molecule has 2 N–H and O–H groups in total. The van der Waals surface area contributed by atoms with Gasteiger partial charge in [-0.3, -0.25) is 4.79 Å². The molecule has 1 aliphatic heterocycles. The van der Waals surface area contributed by atoms with Gasteiger partial charge in [-0.05, 0) is 31.9 Å². The van der Waals surface area contributed by atoms with Crippen LogP contribution in [-0.4, -0.2) is 19.6 Å². The first kappa shape index (κ1) is 12.5. The van der Waals surface area contributed by atoms with Gasteiger partial charge in [-0.2, -0.15) is 0 Å². The maximum Gasteiger partial charge on any atom is 0.246 e. The Morgan fingerprint density at radius 2 is 2.16 bits per heavy atom. The number of carbonyl (C=O) groups excluding carboxylic acids is 1. The summed E-state index contributed by atoms with van der Waals surface area (Å²) >= 11 is 0. The molecular weight excluding hydrogens is 240 g/mol. The minimum absolute atomic E-state index is 0.00504. The van der Waals surface area contributed by atoms with E-state index in [9.17, 15) is 4.79 Å². The highest BCUT2D eigenvalue weighted by Gasteiger charge is 2.29. The molecule has 0 saturated heterocycles. The van der Waals surface area contributed by atoms with Crippen molar-refractivity contribution in [1.82, 2.24) is 5.32 Å². The van der Waals surface area contributed by atoms with Crippen molar-refractivity contribution in [1.29, 1.82) is 0 Å². The quantitative estimate of drug-likeness (QED) is 0.874. The van der Waals surface area contributed by atoms with Gasteiger partial charge in [-0.1, -0.05) is 18.9 Å². The molecule has 2 aliphatic rings. The summed E-state index contributed by atoms with van der Waals surface area (Å²) in [6, 6.07) is 5.62. The lowest BCUT2D eigenvalue weighted by molar-refractivity contribution is -0.117. The summed E-state index contributed by atoms with van der Waals surface area (Å²) in [5, 5.41) is 5.90. The van der Waals surface area contributed by atoms with Crippen molar-refractivity contribution in [2.75, 3.05) is 19.0 Å². The highest BCUT2D eigenvalue weighted by Crippen LogP contribution is 2.34. The van der Waals surface area contributed by atoms with Crippen molar-refractivity contribution in [3.8, 4) is 5.75 Å². The number of carbonyl (C=O) groups is 1. The summed E-state index contributed by atoms with van der Waals surface area (Å²) in [5.41, 5.74) is 1.87. The fraction of sp³-hybridized carbons (Fsp3) is 0.533. The Balaban J connectivity index is 1.68. The van der Waals surface area contributed by atoms with Crippen LogP contribution in [0.2, 0.25) is 0 Å². The molecule has 1 amide bonds. The van der Waals surface area contributed by atoms with Gasteiger partial charge in [0.1, 0.15) is 11.8 Å². The molecule has 1 aliphatic carbocycles. The van der Waals surface area contributed by atoms with E-state index in [0.29, 0.717) is 5.92 Å². The maximum atomic E-state index is 11.7. The average Bonchev–Trinajstić information content (AvgIpc) is 3.01. The van der Waals surface area contributed by atoms with Crippen molar-refractivity contribution in [3.63, 3.8) is 0 Å². The van der Waals surface area contributed by atoms with E-state index in [2.05, 4.69) is 10.6 Å². The molecule has 3 rings (SSSR count). The molecule has 102 valence electrons. The lowest BCUT2D eigenvalue weighted by Crippen LogP contribution is -2.23. The second-order valence-corrected chi connectivity index (χ2v) is 5.42. The highest BCUT2D eigenvalue weighted by molar-refractivity contribution is 6.02. The number of hydrogen-bond donors (Lipinski definition) is 2. The summed E-state index contributed by atoms with van der Waals surface area (Å²) in [6.07, 6.45) is 5.23. The summed E-state index contributed by atoms with van der Waals surface area (Å²) in [4.78, 5) is 11.7. The summed E-state index contributed by atoms with van der Waals surface area (Å²) in [7, 11) is 1.80. The number of likely N-dealkylation sites (N-methyl/N-ethyl adjacent to an activating group) is 1. The second-order valence-electron chi connectivity index (χ2n) is 5.42. The molecule has 1 aromatic carbocycles. The molecule has 0 aromatic heterocycles. The van der Waals surface area contributed by atoms with Crippen molar-refractivity contribution >= 4 is 11.6 Å². The van der Waals surface area contributed by atoms with Gasteiger partial charge in [0.25, 0.3) is 0 Å². The smallest absolute Gasteiger partial charge is 0.246 e. The maximum absolute atomic E-state index is 11.7. The fourth-order valence-electron chi connectivity index (χ4n) is 3.01. The molecule has 1 aromatic rings. The van der Waals surface area contributed by atoms with E-state index >= 15 is 0 Å². The van der Waals surface area contributed by atoms with Crippen molar-refractivity contribution < 1.29 is 9.53 Å². The number of fused-ring (bicyclic) bond motifs is 1. The van der Waals surface area contributed by atoms with E-state index in [4.69, 9.17) is 4.74 Å². The van der Waals surface area contributed by atoms with E-state index in [1.165, 1.54) is 25.7 Å². The Morgan fingerprint density at radius 3 is 2.89 bits per heavy atom. The van der Waals surface area contributed by atoms with Crippen molar-refractivity contribution in [2.24, 2.45) is 5.92 Å². The molecule has 0 radical (unpaired) electrons. The van der Waals surface area contributed by atoms with Crippen LogP contribution in [0.5, 0.6) is 5.75 Å². The number of ether oxygens (including phenoxy) is 1. The van der Waals surface area contributed by atoms with Gasteiger partial charge in [0, 0.05) is 17.3 Å². The van der Waals surface area contributed by atoms with Crippen LogP contribution in [0.25, 0.3) is 0 Å². The summed E-state index contributed by atoms with van der Waals surface area (Å²) in [6.45, 7) is 0.794. The third-order valence-corrected chi connectivity index (χ3v) is 4.10. The first-order chi connectivity index (χ1) is 9.28. The molecule has 4 heteroatoms. The normalized spacial score (nSPS) is 22.4. The SMILES string of the molecule is CNC1C(=O)Nc2cc(OCC3CCCC3)ccc21. The first-order valence-electron chi connectivity index (χ1n) is 7.03. The van der Waals surface area contributed by atoms with Gasteiger partial charge in [-0.25, -0.2) is 0 Å². The largest absolute Gasteiger partial charge is 0.493 e. The van der Waals surface area contributed by atoms with Crippen LogP contribution < -0.4 is 15.4 Å². The number of benzene rings is 1. The van der Waals surface area contributed by atoms with Gasteiger partial charge in [0.2, 0.25) is 5.91 Å². The van der Waals surface area contributed by atoms with Gasteiger partial charge in [-0.15, -0.1) is 0 Å². The van der Waals surface area contributed by atoms with E-state index in [1.807, 2.05) is 18.2 Å². The van der Waals surface area contributed by atoms with Crippen LogP contribution in [-0.2, 0) is 4.79 Å². The van der Waals surface area contributed by atoms with Crippen LogP contribution in [0.1, 0.15) is 37.3 Å². The number of rotatable bonds is 4. The molecule has 0 bridgehead atoms. The molecule has 19 heavy (non-hydrogen) atoms. The minimum Gasteiger partial charge on any atom is -0.493 e. The van der Waals surface area contributed by atoms with Crippen LogP contribution in [0, 0.1) is 5.92 Å². The third-order valence-electron chi connectivity index (χ3n) is 4.10. The monoisotopic (exact) mass is 260 g/mol. The standard InChI is InChI=1S/C15H20N2O2/c1-16-14-12-7-6-11(8-13(12)17-15(14)18)19-9-10-4-2-3-5-10/h6-8,10,14,16H,2-5,9H2,1H3,(H,17,18). The number of amides is 1.